The molecule has 2 fully saturated rings. The van der Waals surface area contributed by atoms with Crippen molar-refractivity contribution in [2.45, 2.75) is 62.5 Å². The number of hydrogen-bond acceptors (Lipinski definition) is 3. The van der Waals surface area contributed by atoms with Gasteiger partial charge in [-0.15, -0.1) is 0 Å². The van der Waals surface area contributed by atoms with Gasteiger partial charge in [0.15, 0.2) is 0 Å². The Morgan fingerprint density at radius 1 is 1.24 bits per heavy atom. The summed E-state index contributed by atoms with van der Waals surface area (Å²) in [5, 5.41) is 1.51. The Hall–Kier alpha value is 0.270. The third-order valence-corrected chi connectivity index (χ3v) is 5.80. The van der Waals surface area contributed by atoms with E-state index < -0.39 is 0 Å². The molecule has 0 spiro atoms. The van der Waals surface area contributed by atoms with Crippen LogP contribution in [-0.4, -0.2) is 40.6 Å². The summed E-state index contributed by atoms with van der Waals surface area (Å²) in [4.78, 5) is 2.68. The quantitative estimate of drug-likeness (QED) is 0.838. The Morgan fingerprint density at radius 2 is 1.82 bits per heavy atom. The minimum Gasteiger partial charge on any atom is -0.329 e. The lowest BCUT2D eigenvalue weighted by Crippen LogP contribution is -2.58. The molecule has 1 saturated carbocycles. The zero-order valence-electron chi connectivity index (χ0n) is 11.6. The molecule has 1 aliphatic carbocycles. The molecule has 2 N–H and O–H groups in total. The Morgan fingerprint density at radius 3 is 2.24 bits per heavy atom. The molecule has 1 aliphatic heterocycles. The van der Waals surface area contributed by atoms with Crippen LogP contribution in [0.4, 0.5) is 0 Å². The molecule has 0 aromatic heterocycles. The molecule has 2 aliphatic rings. The van der Waals surface area contributed by atoms with E-state index in [1.54, 1.807) is 0 Å². The van der Waals surface area contributed by atoms with Gasteiger partial charge in [-0.2, -0.15) is 11.8 Å². The Kier molecular flexibility index (Phi) is 4.43. The highest BCUT2D eigenvalue weighted by Crippen LogP contribution is 2.38. The standard InChI is InChI=1S/C14H28N2S/c1-11-8-16(9-12(2)17-11)14(3,10-15)7-13-5-4-6-13/h11-13H,4-10,15H2,1-3H3. The molecule has 0 aromatic rings. The number of thioether (sulfide) groups is 1. The minimum absolute atomic E-state index is 0.245. The van der Waals surface area contributed by atoms with Crippen molar-refractivity contribution in [3.63, 3.8) is 0 Å². The molecule has 0 radical (unpaired) electrons. The fourth-order valence-electron chi connectivity index (χ4n) is 3.28. The Balaban J connectivity index is 1.99. The first-order chi connectivity index (χ1) is 8.03. The number of rotatable bonds is 4. The first-order valence-electron chi connectivity index (χ1n) is 7.14. The predicted molar refractivity (Wildman–Crippen MR) is 77.5 cm³/mol. The molecule has 0 aromatic carbocycles. The van der Waals surface area contributed by atoms with Gasteiger partial charge < -0.3 is 5.73 Å². The average Bonchev–Trinajstić information content (AvgIpc) is 2.22. The second-order valence-electron chi connectivity index (χ2n) is 6.36. The Bertz CT molecular complexity index is 245. The van der Waals surface area contributed by atoms with Crippen molar-refractivity contribution in [1.29, 1.82) is 0 Å². The molecular formula is C14H28N2S. The summed E-state index contributed by atoms with van der Waals surface area (Å²) < 4.78 is 0. The predicted octanol–water partition coefficient (Wildman–Crippen LogP) is 2.72. The van der Waals surface area contributed by atoms with Crippen LogP contribution in [-0.2, 0) is 0 Å². The average molecular weight is 256 g/mol. The number of nitrogens with zero attached hydrogens (tertiary/aromatic N) is 1. The molecule has 1 heterocycles. The fourth-order valence-corrected chi connectivity index (χ4v) is 4.60. The van der Waals surface area contributed by atoms with E-state index in [0.717, 1.165) is 23.0 Å². The van der Waals surface area contributed by atoms with Crippen molar-refractivity contribution in [1.82, 2.24) is 4.90 Å². The van der Waals surface area contributed by atoms with E-state index >= 15 is 0 Å². The minimum atomic E-state index is 0.245. The van der Waals surface area contributed by atoms with Crippen molar-refractivity contribution in [2.75, 3.05) is 19.6 Å². The highest BCUT2D eigenvalue weighted by atomic mass is 32.2. The van der Waals surface area contributed by atoms with Gasteiger partial charge in [-0.3, -0.25) is 4.90 Å². The summed E-state index contributed by atoms with van der Waals surface area (Å²) in [6.07, 6.45) is 5.62. The zero-order valence-corrected chi connectivity index (χ0v) is 12.4. The summed E-state index contributed by atoms with van der Waals surface area (Å²) in [6.45, 7) is 10.3. The molecule has 3 heteroatoms. The molecule has 17 heavy (non-hydrogen) atoms. The van der Waals surface area contributed by atoms with Gasteiger partial charge in [-0.05, 0) is 19.3 Å². The monoisotopic (exact) mass is 256 g/mol. The number of hydrogen-bond donors (Lipinski definition) is 1. The van der Waals surface area contributed by atoms with Crippen LogP contribution >= 0.6 is 11.8 Å². The van der Waals surface area contributed by atoms with E-state index in [1.807, 2.05) is 0 Å². The van der Waals surface area contributed by atoms with Gasteiger partial charge in [0.1, 0.15) is 0 Å². The second-order valence-corrected chi connectivity index (χ2v) is 8.25. The fraction of sp³-hybridized carbons (Fsp3) is 1.00. The number of nitrogens with two attached hydrogens (primary N) is 1. The summed E-state index contributed by atoms with van der Waals surface area (Å²) in [5.74, 6) is 0.948. The maximum absolute atomic E-state index is 6.11. The SMILES string of the molecule is CC1CN(C(C)(CN)CC2CCC2)CC(C)S1. The van der Waals surface area contributed by atoms with Gasteiger partial charge in [0, 0.05) is 35.7 Å². The topological polar surface area (TPSA) is 29.3 Å². The van der Waals surface area contributed by atoms with E-state index in [2.05, 4.69) is 37.4 Å². The summed E-state index contributed by atoms with van der Waals surface area (Å²) in [5.41, 5.74) is 6.35. The summed E-state index contributed by atoms with van der Waals surface area (Å²) in [7, 11) is 0. The molecule has 0 bridgehead atoms. The molecule has 100 valence electrons. The molecule has 2 rings (SSSR count). The van der Waals surface area contributed by atoms with Crippen LogP contribution in [0.15, 0.2) is 0 Å². The van der Waals surface area contributed by atoms with Crippen LogP contribution in [0.25, 0.3) is 0 Å². The van der Waals surface area contributed by atoms with Crippen LogP contribution in [0.3, 0.4) is 0 Å². The van der Waals surface area contributed by atoms with E-state index in [9.17, 15) is 0 Å². The van der Waals surface area contributed by atoms with Crippen LogP contribution in [0.1, 0.15) is 46.5 Å². The smallest absolute Gasteiger partial charge is 0.0307 e. The van der Waals surface area contributed by atoms with Gasteiger partial charge in [0.2, 0.25) is 0 Å². The van der Waals surface area contributed by atoms with Crippen LogP contribution in [0.5, 0.6) is 0 Å². The third kappa shape index (κ3) is 3.18. The first kappa shape index (κ1) is 13.7. The van der Waals surface area contributed by atoms with Crippen molar-refractivity contribution in [3.05, 3.63) is 0 Å². The molecule has 2 nitrogen and oxygen atoms in total. The van der Waals surface area contributed by atoms with Crippen LogP contribution in [0.2, 0.25) is 0 Å². The van der Waals surface area contributed by atoms with Crippen molar-refractivity contribution in [3.8, 4) is 0 Å². The van der Waals surface area contributed by atoms with Crippen LogP contribution < -0.4 is 5.73 Å². The Labute approximate surface area is 111 Å². The van der Waals surface area contributed by atoms with Gasteiger partial charge in [0.25, 0.3) is 0 Å². The van der Waals surface area contributed by atoms with E-state index in [-0.39, 0.29) is 5.54 Å². The molecular weight excluding hydrogens is 228 g/mol. The first-order valence-corrected chi connectivity index (χ1v) is 8.08. The van der Waals surface area contributed by atoms with E-state index in [1.165, 1.54) is 38.8 Å². The van der Waals surface area contributed by atoms with Crippen LogP contribution in [0, 0.1) is 5.92 Å². The zero-order chi connectivity index (χ0) is 12.5. The third-order valence-electron chi connectivity index (χ3n) is 4.58. The lowest BCUT2D eigenvalue weighted by atomic mass is 9.75. The van der Waals surface area contributed by atoms with Gasteiger partial charge in [-0.25, -0.2) is 0 Å². The molecule has 1 saturated heterocycles. The second kappa shape index (κ2) is 5.50. The lowest BCUT2D eigenvalue weighted by Gasteiger charge is -2.48. The van der Waals surface area contributed by atoms with Crippen molar-refractivity contribution in [2.24, 2.45) is 11.7 Å². The van der Waals surface area contributed by atoms with Gasteiger partial charge >= 0.3 is 0 Å². The van der Waals surface area contributed by atoms with E-state index in [0.29, 0.717) is 0 Å². The van der Waals surface area contributed by atoms with Gasteiger partial charge in [0.05, 0.1) is 0 Å². The normalized spacial score (nSPS) is 35.3. The molecule has 3 atom stereocenters. The molecule has 0 amide bonds. The van der Waals surface area contributed by atoms with E-state index in [4.69, 9.17) is 5.73 Å². The largest absolute Gasteiger partial charge is 0.329 e. The maximum atomic E-state index is 6.11. The lowest BCUT2D eigenvalue weighted by molar-refractivity contribution is 0.0665. The highest BCUT2D eigenvalue weighted by molar-refractivity contribution is 8.00. The van der Waals surface area contributed by atoms with Crippen molar-refractivity contribution >= 4 is 11.8 Å². The molecule has 3 unspecified atom stereocenters. The highest BCUT2D eigenvalue weighted by Gasteiger charge is 2.38. The van der Waals surface area contributed by atoms with Gasteiger partial charge in [-0.1, -0.05) is 33.1 Å². The maximum Gasteiger partial charge on any atom is 0.0307 e. The summed E-state index contributed by atoms with van der Waals surface area (Å²) in [6, 6.07) is 0. The van der Waals surface area contributed by atoms with Crippen molar-refractivity contribution < 1.29 is 0 Å². The summed E-state index contributed by atoms with van der Waals surface area (Å²) >= 11 is 2.13.